The Kier molecular flexibility index (Phi) is 8.73. The number of methoxy groups -OCH3 is 2. The lowest BCUT2D eigenvalue weighted by atomic mass is 10.2. The van der Waals surface area contributed by atoms with Gasteiger partial charge < -0.3 is 29.6 Å². The van der Waals surface area contributed by atoms with Gasteiger partial charge in [-0.15, -0.1) is 0 Å². The Bertz CT molecular complexity index is 843. The minimum atomic E-state index is 0.497. The fraction of sp³-hybridized carbons (Fsp3) is 0.381. The van der Waals surface area contributed by atoms with E-state index < -0.39 is 0 Å². The molecule has 0 heterocycles. The molecule has 8 heteroatoms. The van der Waals surface area contributed by atoms with Crippen LogP contribution in [0.15, 0.2) is 35.3 Å². The molecule has 0 aliphatic rings. The molecule has 158 valence electrons. The number of guanidine groups is 1. The molecular weight excluding hydrogens is 394 g/mol. The molecule has 2 aromatic carbocycles. The summed E-state index contributed by atoms with van der Waals surface area (Å²) in [7, 11) is 4.90. The van der Waals surface area contributed by atoms with Gasteiger partial charge in [0.2, 0.25) is 0 Å². The predicted octanol–water partition coefficient (Wildman–Crippen LogP) is 4.34. The lowest BCUT2D eigenvalue weighted by Crippen LogP contribution is -2.30. The Hall–Kier alpha value is -2.80. The number of halogens is 1. The van der Waals surface area contributed by atoms with Crippen molar-refractivity contribution in [3.8, 4) is 23.0 Å². The molecule has 2 N–H and O–H groups in total. The Balaban J connectivity index is 2.10. The summed E-state index contributed by atoms with van der Waals surface area (Å²) in [6.45, 7) is 5.38. The van der Waals surface area contributed by atoms with E-state index in [1.165, 1.54) is 0 Å². The molecule has 29 heavy (non-hydrogen) atoms. The van der Waals surface area contributed by atoms with Gasteiger partial charge >= 0.3 is 0 Å². The van der Waals surface area contributed by atoms with Crippen LogP contribution in [0.1, 0.15) is 19.4 Å². The summed E-state index contributed by atoms with van der Waals surface area (Å²) in [5, 5.41) is 7.00. The van der Waals surface area contributed by atoms with Gasteiger partial charge in [0.05, 0.1) is 32.5 Å². The quantitative estimate of drug-likeness (QED) is 0.463. The number of ether oxygens (including phenoxy) is 4. The Morgan fingerprint density at radius 3 is 2.31 bits per heavy atom. The normalized spacial score (nSPS) is 11.0. The van der Waals surface area contributed by atoms with Gasteiger partial charge in [-0.3, -0.25) is 4.99 Å². The van der Waals surface area contributed by atoms with Crippen molar-refractivity contribution in [1.29, 1.82) is 0 Å². The fourth-order valence-corrected chi connectivity index (χ4v) is 2.97. The minimum Gasteiger partial charge on any atom is -0.493 e. The summed E-state index contributed by atoms with van der Waals surface area (Å²) in [6, 6.07) is 9.34. The Labute approximate surface area is 177 Å². The number of anilines is 1. The van der Waals surface area contributed by atoms with Gasteiger partial charge in [-0.05, 0) is 43.7 Å². The third-order valence-corrected chi connectivity index (χ3v) is 4.27. The van der Waals surface area contributed by atoms with Crippen LogP contribution in [0, 0.1) is 0 Å². The van der Waals surface area contributed by atoms with Crippen LogP contribution in [0.4, 0.5) is 5.69 Å². The van der Waals surface area contributed by atoms with Crippen LogP contribution in [0.3, 0.4) is 0 Å². The summed E-state index contributed by atoms with van der Waals surface area (Å²) in [4.78, 5) is 4.26. The lowest BCUT2D eigenvalue weighted by molar-refractivity contribution is 0.311. The van der Waals surface area contributed by atoms with Crippen molar-refractivity contribution < 1.29 is 18.9 Å². The molecule has 0 aliphatic heterocycles. The van der Waals surface area contributed by atoms with Crippen LogP contribution in [-0.2, 0) is 6.54 Å². The molecule has 0 saturated carbocycles. The van der Waals surface area contributed by atoms with Gasteiger partial charge in [-0.25, -0.2) is 0 Å². The van der Waals surface area contributed by atoms with Crippen LogP contribution in [-0.4, -0.2) is 40.4 Å². The lowest BCUT2D eigenvalue weighted by Gasteiger charge is -2.16. The van der Waals surface area contributed by atoms with E-state index in [1.54, 1.807) is 21.3 Å². The van der Waals surface area contributed by atoms with Crippen molar-refractivity contribution in [3.63, 3.8) is 0 Å². The second-order valence-corrected chi connectivity index (χ2v) is 6.30. The molecule has 2 rings (SSSR count). The summed E-state index contributed by atoms with van der Waals surface area (Å²) in [6.07, 6.45) is 0. The molecular formula is C21H28ClN3O4. The van der Waals surface area contributed by atoms with Crippen LogP contribution in [0.5, 0.6) is 23.0 Å². The summed E-state index contributed by atoms with van der Waals surface area (Å²) < 4.78 is 21.9. The number of rotatable bonds is 9. The fourth-order valence-electron chi connectivity index (χ4n) is 2.68. The first kappa shape index (κ1) is 22.5. The molecule has 7 nitrogen and oxygen atoms in total. The van der Waals surface area contributed by atoms with Gasteiger partial charge in [0.25, 0.3) is 0 Å². The van der Waals surface area contributed by atoms with Crippen molar-refractivity contribution in [2.75, 3.05) is 39.8 Å². The molecule has 0 amide bonds. The van der Waals surface area contributed by atoms with Gasteiger partial charge in [-0.1, -0.05) is 11.6 Å². The molecule has 2 aromatic rings. The molecule has 0 unspecified atom stereocenters. The van der Waals surface area contributed by atoms with E-state index in [4.69, 9.17) is 30.5 Å². The molecule has 0 aromatic heterocycles. The molecule has 0 aliphatic carbocycles. The SMILES string of the molecule is CCOc1cc(NC(=NC)NCc2cc(Cl)c(OCC)c(OC)c2)ccc1OC. The first-order valence-electron chi connectivity index (χ1n) is 9.33. The molecule has 0 atom stereocenters. The number of aliphatic imine (C=N–C) groups is 1. The maximum Gasteiger partial charge on any atom is 0.195 e. The van der Waals surface area contributed by atoms with Crippen molar-refractivity contribution in [1.82, 2.24) is 5.32 Å². The highest BCUT2D eigenvalue weighted by Crippen LogP contribution is 2.36. The van der Waals surface area contributed by atoms with E-state index in [0.717, 1.165) is 11.3 Å². The maximum absolute atomic E-state index is 6.34. The Morgan fingerprint density at radius 2 is 1.69 bits per heavy atom. The number of nitrogens with zero attached hydrogens (tertiary/aromatic N) is 1. The molecule has 0 saturated heterocycles. The minimum absolute atomic E-state index is 0.497. The molecule has 0 spiro atoms. The van der Waals surface area contributed by atoms with Crippen molar-refractivity contribution in [3.05, 3.63) is 40.9 Å². The topological polar surface area (TPSA) is 73.3 Å². The predicted molar refractivity (Wildman–Crippen MR) is 117 cm³/mol. The number of hydrogen-bond donors (Lipinski definition) is 2. The van der Waals surface area contributed by atoms with E-state index in [2.05, 4.69) is 15.6 Å². The van der Waals surface area contributed by atoms with E-state index in [1.807, 2.05) is 44.2 Å². The first-order valence-corrected chi connectivity index (χ1v) is 9.71. The zero-order valence-electron chi connectivity index (χ0n) is 17.5. The largest absolute Gasteiger partial charge is 0.493 e. The smallest absolute Gasteiger partial charge is 0.195 e. The average molecular weight is 422 g/mol. The summed E-state index contributed by atoms with van der Waals surface area (Å²) in [5.74, 6) is 3.08. The second kappa shape index (κ2) is 11.3. The van der Waals surface area contributed by atoms with E-state index in [-0.39, 0.29) is 0 Å². The van der Waals surface area contributed by atoms with Crippen LogP contribution in [0.25, 0.3) is 0 Å². The van der Waals surface area contributed by atoms with Crippen molar-refractivity contribution in [2.45, 2.75) is 20.4 Å². The van der Waals surface area contributed by atoms with E-state index in [0.29, 0.717) is 53.7 Å². The zero-order valence-corrected chi connectivity index (χ0v) is 18.2. The van der Waals surface area contributed by atoms with E-state index in [9.17, 15) is 0 Å². The second-order valence-electron chi connectivity index (χ2n) is 5.89. The van der Waals surface area contributed by atoms with Crippen molar-refractivity contribution >= 4 is 23.2 Å². The third kappa shape index (κ3) is 6.09. The molecule has 0 radical (unpaired) electrons. The Morgan fingerprint density at radius 1 is 0.966 bits per heavy atom. The highest BCUT2D eigenvalue weighted by Gasteiger charge is 2.12. The van der Waals surface area contributed by atoms with Gasteiger partial charge in [0.1, 0.15) is 0 Å². The van der Waals surface area contributed by atoms with Gasteiger partial charge in [0, 0.05) is 25.3 Å². The number of benzene rings is 2. The number of nitrogens with one attached hydrogen (secondary N) is 2. The average Bonchev–Trinajstić information content (AvgIpc) is 2.73. The summed E-state index contributed by atoms with van der Waals surface area (Å²) in [5.41, 5.74) is 1.76. The number of hydrogen-bond acceptors (Lipinski definition) is 5. The standard InChI is InChI=1S/C21H28ClN3O4/c1-6-28-18-12-15(8-9-17(18)26-4)25-21(23-3)24-13-14-10-16(22)20(29-7-2)19(11-14)27-5/h8-12H,6-7,13H2,1-5H3,(H2,23,24,25). The molecule has 0 bridgehead atoms. The molecule has 0 fully saturated rings. The first-order chi connectivity index (χ1) is 14.1. The van der Waals surface area contributed by atoms with Crippen LogP contribution in [0.2, 0.25) is 5.02 Å². The van der Waals surface area contributed by atoms with Crippen molar-refractivity contribution in [2.24, 2.45) is 4.99 Å². The maximum atomic E-state index is 6.34. The highest BCUT2D eigenvalue weighted by molar-refractivity contribution is 6.32. The van der Waals surface area contributed by atoms with Gasteiger partial charge in [0.15, 0.2) is 29.0 Å². The third-order valence-electron chi connectivity index (χ3n) is 3.99. The van der Waals surface area contributed by atoms with Gasteiger partial charge in [-0.2, -0.15) is 0 Å². The highest BCUT2D eigenvalue weighted by atomic mass is 35.5. The summed E-state index contributed by atoms with van der Waals surface area (Å²) >= 11 is 6.34. The monoisotopic (exact) mass is 421 g/mol. The van der Waals surface area contributed by atoms with Crippen LogP contribution < -0.4 is 29.6 Å². The van der Waals surface area contributed by atoms with Crippen LogP contribution >= 0.6 is 11.6 Å². The zero-order chi connectivity index (χ0) is 21.2. The van der Waals surface area contributed by atoms with E-state index >= 15 is 0 Å².